The topological polar surface area (TPSA) is 70.6 Å². The molecule has 22 heavy (non-hydrogen) atoms. The Hall–Kier alpha value is -1.55. The van der Waals surface area contributed by atoms with E-state index >= 15 is 0 Å². The Morgan fingerprint density at radius 1 is 1.27 bits per heavy atom. The molecule has 0 aromatic heterocycles. The zero-order valence-corrected chi connectivity index (χ0v) is 13.8. The molecule has 0 bridgehead atoms. The third kappa shape index (κ3) is 4.73. The van der Waals surface area contributed by atoms with Crippen LogP contribution in [0.5, 0.6) is 0 Å². The highest BCUT2D eigenvalue weighted by Gasteiger charge is 2.28. The number of aliphatic imine (C=N–C) groups is 1. The molecule has 0 saturated heterocycles. The van der Waals surface area contributed by atoms with E-state index in [9.17, 15) is 5.11 Å². The second-order valence-electron chi connectivity index (χ2n) is 6.54. The van der Waals surface area contributed by atoms with Crippen LogP contribution < -0.4 is 11.1 Å². The van der Waals surface area contributed by atoms with Gasteiger partial charge in [-0.2, -0.15) is 0 Å². The van der Waals surface area contributed by atoms with Gasteiger partial charge in [-0.3, -0.25) is 4.99 Å². The van der Waals surface area contributed by atoms with Crippen molar-refractivity contribution in [3.05, 3.63) is 29.8 Å². The molecule has 0 amide bonds. The monoisotopic (exact) mass is 303 g/mol. The second kappa shape index (κ2) is 7.63. The first-order valence-electron chi connectivity index (χ1n) is 8.42. The Morgan fingerprint density at radius 3 is 2.50 bits per heavy atom. The highest BCUT2D eigenvalue weighted by Crippen LogP contribution is 2.28. The van der Waals surface area contributed by atoms with Crippen molar-refractivity contribution in [3.63, 3.8) is 0 Å². The first-order valence-corrected chi connectivity index (χ1v) is 8.42. The molecule has 4 nitrogen and oxygen atoms in total. The number of rotatable bonds is 5. The van der Waals surface area contributed by atoms with Crippen LogP contribution in [0.4, 0.5) is 5.69 Å². The lowest BCUT2D eigenvalue weighted by molar-refractivity contribution is 0.0132. The summed E-state index contributed by atoms with van der Waals surface area (Å²) in [5, 5.41) is 13.5. The number of anilines is 1. The maximum absolute atomic E-state index is 10.4. The maximum Gasteiger partial charge on any atom is 0.193 e. The average Bonchev–Trinajstić information content (AvgIpc) is 2.54. The number of hydrogen-bond acceptors (Lipinski definition) is 2. The zero-order valence-electron chi connectivity index (χ0n) is 13.8. The van der Waals surface area contributed by atoms with E-state index in [1.54, 1.807) is 0 Å². The molecule has 1 unspecified atom stereocenters. The van der Waals surface area contributed by atoms with Crippen LogP contribution in [0.1, 0.15) is 63.9 Å². The van der Waals surface area contributed by atoms with Gasteiger partial charge in [-0.05, 0) is 42.9 Å². The molecule has 122 valence electrons. The fourth-order valence-corrected chi connectivity index (χ4v) is 2.92. The molecular formula is C18H29N3O. The fourth-order valence-electron chi connectivity index (χ4n) is 2.92. The van der Waals surface area contributed by atoms with Gasteiger partial charge in [0.2, 0.25) is 0 Å². The Balaban J connectivity index is 1.90. The standard InChI is InChI=1S/C18H29N3O/c1-3-14(2)15-7-9-16(10-8-15)21-17(19)20-13-18(22)11-5-4-6-12-18/h7-10,14,22H,3-6,11-13H2,1-2H3,(H3,19,20,21). The Kier molecular flexibility index (Phi) is 5.83. The van der Waals surface area contributed by atoms with Gasteiger partial charge in [-0.1, -0.05) is 45.2 Å². The van der Waals surface area contributed by atoms with Crippen LogP contribution in [0.3, 0.4) is 0 Å². The summed E-state index contributed by atoms with van der Waals surface area (Å²) < 4.78 is 0. The van der Waals surface area contributed by atoms with Gasteiger partial charge < -0.3 is 16.2 Å². The summed E-state index contributed by atoms with van der Waals surface area (Å²) in [5.41, 5.74) is 7.54. The van der Waals surface area contributed by atoms with E-state index in [1.165, 1.54) is 12.0 Å². The zero-order chi connectivity index (χ0) is 16.0. The molecule has 4 N–H and O–H groups in total. The lowest BCUT2D eigenvalue weighted by Crippen LogP contribution is -2.36. The SMILES string of the molecule is CCC(C)c1ccc(NC(N)=NCC2(O)CCCCC2)cc1. The molecule has 1 aromatic rings. The predicted molar refractivity (Wildman–Crippen MR) is 93.3 cm³/mol. The van der Waals surface area contributed by atoms with E-state index in [0.29, 0.717) is 18.4 Å². The minimum absolute atomic E-state index is 0.371. The van der Waals surface area contributed by atoms with E-state index in [0.717, 1.165) is 37.8 Å². The average molecular weight is 303 g/mol. The van der Waals surface area contributed by atoms with E-state index in [2.05, 4.69) is 36.3 Å². The molecule has 2 rings (SSSR count). The van der Waals surface area contributed by atoms with Crippen molar-refractivity contribution in [2.45, 2.75) is 63.9 Å². The molecule has 1 aromatic carbocycles. The van der Waals surface area contributed by atoms with Crippen molar-refractivity contribution in [1.29, 1.82) is 0 Å². The van der Waals surface area contributed by atoms with Gasteiger partial charge in [-0.15, -0.1) is 0 Å². The van der Waals surface area contributed by atoms with Gasteiger partial charge in [-0.25, -0.2) is 0 Å². The molecule has 1 fully saturated rings. The van der Waals surface area contributed by atoms with Crippen molar-refractivity contribution >= 4 is 11.6 Å². The number of hydrogen-bond donors (Lipinski definition) is 3. The van der Waals surface area contributed by atoms with Gasteiger partial charge in [0.15, 0.2) is 5.96 Å². The summed E-state index contributed by atoms with van der Waals surface area (Å²) >= 11 is 0. The van der Waals surface area contributed by atoms with Crippen LogP contribution in [0.2, 0.25) is 0 Å². The van der Waals surface area contributed by atoms with Crippen LogP contribution >= 0.6 is 0 Å². The molecule has 1 aliphatic carbocycles. The van der Waals surface area contributed by atoms with Gasteiger partial charge >= 0.3 is 0 Å². The normalized spacial score (nSPS) is 19.7. The minimum Gasteiger partial charge on any atom is -0.388 e. The summed E-state index contributed by atoms with van der Waals surface area (Å²) in [6.07, 6.45) is 6.16. The van der Waals surface area contributed by atoms with Gasteiger partial charge in [0.05, 0.1) is 12.1 Å². The molecule has 0 aliphatic heterocycles. The van der Waals surface area contributed by atoms with Crippen molar-refractivity contribution in [2.24, 2.45) is 10.7 Å². The third-order valence-corrected chi connectivity index (χ3v) is 4.69. The van der Waals surface area contributed by atoms with Crippen molar-refractivity contribution in [1.82, 2.24) is 0 Å². The van der Waals surface area contributed by atoms with Crippen LogP contribution in [0.25, 0.3) is 0 Å². The second-order valence-corrected chi connectivity index (χ2v) is 6.54. The molecular weight excluding hydrogens is 274 g/mol. The van der Waals surface area contributed by atoms with Crippen LogP contribution in [0.15, 0.2) is 29.3 Å². The lowest BCUT2D eigenvalue weighted by Gasteiger charge is -2.30. The summed E-state index contributed by atoms with van der Waals surface area (Å²) in [6.45, 7) is 4.80. The number of benzene rings is 1. The van der Waals surface area contributed by atoms with Crippen LogP contribution in [-0.4, -0.2) is 23.2 Å². The summed E-state index contributed by atoms with van der Waals surface area (Å²) in [7, 11) is 0. The highest BCUT2D eigenvalue weighted by atomic mass is 16.3. The predicted octanol–water partition coefficient (Wildman–Crippen LogP) is 3.62. The smallest absolute Gasteiger partial charge is 0.193 e. The van der Waals surface area contributed by atoms with E-state index in [1.807, 2.05) is 12.1 Å². The number of nitrogens with one attached hydrogen (secondary N) is 1. The molecule has 0 heterocycles. The first-order chi connectivity index (χ1) is 10.5. The van der Waals surface area contributed by atoms with Crippen LogP contribution in [-0.2, 0) is 0 Å². The van der Waals surface area contributed by atoms with Gasteiger partial charge in [0.1, 0.15) is 0 Å². The van der Waals surface area contributed by atoms with Crippen LogP contribution in [0, 0.1) is 0 Å². The third-order valence-electron chi connectivity index (χ3n) is 4.69. The number of nitrogens with zero attached hydrogens (tertiary/aromatic N) is 1. The number of aliphatic hydroxyl groups is 1. The molecule has 0 radical (unpaired) electrons. The molecule has 1 atom stereocenters. The number of guanidine groups is 1. The Morgan fingerprint density at radius 2 is 1.91 bits per heavy atom. The van der Waals surface area contributed by atoms with E-state index in [4.69, 9.17) is 5.73 Å². The Bertz CT molecular complexity index is 490. The Labute approximate surface area is 133 Å². The van der Waals surface area contributed by atoms with E-state index in [-0.39, 0.29) is 0 Å². The maximum atomic E-state index is 10.4. The fraction of sp³-hybridized carbons (Fsp3) is 0.611. The molecule has 1 aliphatic rings. The van der Waals surface area contributed by atoms with E-state index < -0.39 is 5.60 Å². The van der Waals surface area contributed by atoms with Crippen molar-refractivity contribution in [2.75, 3.05) is 11.9 Å². The summed E-state index contributed by atoms with van der Waals surface area (Å²) in [5.74, 6) is 0.941. The molecule has 1 saturated carbocycles. The largest absolute Gasteiger partial charge is 0.388 e. The number of nitrogens with two attached hydrogens (primary N) is 1. The summed E-state index contributed by atoms with van der Waals surface area (Å²) in [6, 6.07) is 8.30. The minimum atomic E-state index is -0.662. The van der Waals surface area contributed by atoms with Gasteiger partial charge in [0, 0.05) is 5.69 Å². The molecule has 0 spiro atoms. The first kappa shape index (κ1) is 16.8. The summed E-state index contributed by atoms with van der Waals surface area (Å²) in [4.78, 5) is 4.32. The highest BCUT2D eigenvalue weighted by molar-refractivity contribution is 5.92. The lowest BCUT2D eigenvalue weighted by atomic mass is 9.85. The molecule has 4 heteroatoms. The van der Waals surface area contributed by atoms with Crippen molar-refractivity contribution < 1.29 is 5.11 Å². The van der Waals surface area contributed by atoms with Gasteiger partial charge in [0.25, 0.3) is 0 Å². The quantitative estimate of drug-likeness (QED) is 0.574. The van der Waals surface area contributed by atoms with Crippen molar-refractivity contribution in [3.8, 4) is 0 Å².